The summed E-state index contributed by atoms with van der Waals surface area (Å²) in [6.07, 6.45) is 4.62. The fraction of sp³-hybridized carbons (Fsp3) is 0.905. The first-order chi connectivity index (χ1) is 13.1. The van der Waals surface area contributed by atoms with Crippen molar-refractivity contribution in [3.05, 3.63) is 0 Å². The lowest BCUT2D eigenvalue weighted by Gasteiger charge is -2.61. The molecule has 0 aromatic carbocycles. The van der Waals surface area contributed by atoms with Crippen molar-refractivity contribution in [2.75, 3.05) is 13.2 Å². The number of aliphatic hydroxyl groups excluding tert-OH is 1. The molecule has 5 aliphatic rings. The van der Waals surface area contributed by atoms with E-state index in [9.17, 15) is 19.8 Å². The van der Waals surface area contributed by atoms with Crippen LogP contribution in [0.4, 0.5) is 9.59 Å². The predicted octanol–water partition coefficient (Wildman–Crippen LogP) is 3.07. The van der Waals surface area contributed by atoms with Crippen LogP contribution in [0, 0.1) is 29.1 Å². The minimum Gasteiger partial charge on any atom is -0.465 e. The highest BCUT2D eigenvalue weighted by Crippen LogP contribution is 2.63. The second-order valence-corrected chi connectivity index (χ2v) is 10.7. The number of rotatable bonds is 3. The lowest BCUT2D eigenvalue weighted by atomic mass is 9.45. The van der Waals surface area contributed by atoms with Gasteiger partial charge in [-0.25, -0.2) is 9.59 Å². The molecule has 3 N–H and O–H groups in total. The van der Waals surface area contributed by atoms with Crippen molar-refractivity contribution in [3.8, 4) is 0 Å². The van der Waals surface area contributed by atoms with E-state index in [1.807, 2.05) is 20.8 Å². The monoisotopic (exact) mass is 394 g/mol. The Hall–Kier alpha value is -1.50. The average Bonchev–Trinajstić information content (AvgIpc) is 2.95. The molecular formula is C21H34N2O5. The summed E-state index contributed by atoms with van der Waals surface area (Å²) >= 11 is 0. The number of carbonyl (C=O) groups is 2. The lowest BCUT2D eigenvalue weighted by Crippen LogP contribution is -2.61. The van der Waals surface area contributed by atoms with Gasteiger partial charge >= 0.3 is 12.2 Å². The van der Waals surface area contributed by atoms with Gasteiger partial charge in [0.2, 0.25) is 0 Å². The summed E-state index contributed by atoms with van der Waals surface area (Å²) in [5.41, 5.74) is -0.533. The highest BCUT2D eigenvalue weighted by molar-refractivity contribution is 5.69. The first kappa shape index (κ1) is 19.8. The highest BCUT2D eigenvalue weighted by atomic mass is 16.6. The number of carboxylic acid groups (broad SMARTS) is 1. The molecule has 4 bridgehead atoms. The van der Waals surface area contributed by atoms with Crippen LogP contribution < -0.4 is 5.32 Å². The van der Waals surface area contributed by atoms with Gasteiger partial charge in [-0.3, -0.25) is 0 Å². The Bertz CT molecular complexity index is 629. The Morgan fingerprint density at radius 3 is 2.36 bits per heavy atom. The number of nitrogens with zero attached hydrogens (tertiary/aromatic N) is 1. The van der Waals surface area contributed by atoms with Gasteiger partial charge in [0.25, 0.3) is 0 Å². The van der Waals surface area contributed by atoms with Gasteiger partial charge in [0, 0.05) is 13.2 Å². The van der Waals surface area contributed by atoms with Crippen LogP contribution in [0.3, 0.4) is 0 Å². The third-order valence-corrected chi connectivity index (χ3v) is 7.60. The molecule has 0 spiro atoms. The topological polar surface area (TPSA) is 99.1 Å². The van der Waals surface area contributed by atoms with Crippen molar-refractivity contribution in [3.63, 3.8) is 0 Å². The largest absolute Gasteiger partial charge is 0.465 e. The van der Waals surface area contributed by atoms with Crippen LogP contribution in [0.2, 0.25) is 0 Å². The van der Waals surface area contributed by atoms with Crippen molar-refractivity contribution in [2.24, 2.45) is 29.1 Å². The minimum absolute atomic E-state index is 0.0494. The van der Waals surface area contributed by atoms with Gasteiger partial charge in [-0.1, -0.05) is 0 Å². The van der Waals surface area contributed by atoms with Crippen molar-refractivity contribution >= 4 is 12.2 Å². The van der Waals surface area contributed by atoms with E-state index < -0.39 is 17.8 Å². The van der Waals surface area contributed by atoms with Crippen LogP contribution in [0.1, 0.15) is 59.3 Å². The van der Waals surface area contributed by atoms with Crippen molar-refractivity contribution < 1.29 is 24.5 Å². The van der Waals surface area contributed by atoms with Crippen molar-refractivity contribution in [1.29, 1.82) is 0 Å². The first-order valence-electron chi connectivity index (χ1n) is 10.7. The van der Waals surface area contributed by atoms with E-state index >= 15 is 0 Å². The molecular weight excluding hydrogens is 360 g/mol. The standard InChI is InChI=1S/C21H34N2O5/c1-20(2,3)28-18(25)22-15-4-5-23(19(26)27)17(15)16-13-6-12-7-14(16)10-21(8-12,9-13)11-24/h12-17,24H,4-11H2,1-3H3,(H,22,25)(H,26,27)/t12?,13?,14?,15-,16?,17?,21?/m1/s1. The number of amides is 2. The van der Waals surface area contributed by atoms with E-state index in [-0.39, 0.29) is 30.0 Å². The van der Waals surface area contributed by atoms with Crippen LogP contribution in [0.5, 0.6) is 0 Å². The number of carbonyl (C=O) groups excluding carboxylic acids is 1. The van der Waals surface area contributed by atoms with Gasteiger partial charge in [-0.15, -0.1) is 0 Å². The lowest BCUT2D eigenvalue weighted by molar-refractivity contribution is -0.132. The molecule has 1 heterocycles. The number of ether oxygens (including phenoxy) is 1. The second-order valence-electron chi connectivity index (χ2n) is 10.7. The fourth-order valence-corrected chi connectivity index (χ4v) is 7.11. The maximum atomic E-state index is 12.4. The van der Waals surface area contributed by atoms with Crippen molar-refractivity contribution in [2.45, 2.75) is 77.0 Å². The average molecular weight is 395 g/mol. The number of aliphatic hydroxyl groups is 1. The molecule has 5 rings (SSSR count). The molecule has 1 saturated heterocycles. The molecule has 7 nitrogen and oxygen atoms in total. The van der Waals surface area contributed by atoms with E-state index in [0.29, 0.717) is 30.7 Å². The molecule has 4 atom stereocenters. The summed E-state index contributed by atoms with van der Waals surface area (Å²) in [4.78, 5) is 25.9. The van der Waals surface area contributed by atoms with Crippen LogP contribution in [0.15, 0.2) is 0 Å². The smallest absolute Gasteiger partial charge is 0.407 e. The zero-order chi connectivity index (χ0) is 20.3. The van der Waals surface area contributed by atoms with Crippen LogP contribution in [0.25, 0.3) is 0 Å². The summed E-state index contributed by atoms with van der Waals surface area (Å²) < 4.78 is 5.43. The number of likely N-dealkylation sites (tertiary alicyclic amines) is 1. The Morgan fingerprint density at radius 1 is 1.18 bits per heavy atom. The molecule has 7 heteroatoms. The summed E-state index contributed by atoms with van der Waals surface area (Å²) in [5, 5.41) is 22.8. The van der Waals surface area contributed by atoms with E-state index in [1.165, 1.54) is 0 Å². The third-order valence-electron chi connectivity index (χ3n) is 7.60. The first-order valence-corrected chi connectivity index (χ1v) is 10.7. The van der Waals surface area contributed by atoms with Gasteiger partial charge in [-0.2, -0.15) is 0 Å². The van der Waals surface area contributed by atoms with Gasteiger partial charge < -0.3 is 25.2 Å². The fourth-order valence-electron chi connectivity index (χ4n) is 7.11. The van der Waals surface area contributed by atoms with E-state index in [1.54, 1.807) is 4.90 Å². The molecule has 4 saturated carbocycles. The van der Waals surface area contributed by atoms with E-state index in [0.717, 1.165) is 32.1 Å². The molecule has 5 fully saturated rings. The van der Waals surface area contributed by atoms with E-state index in [2.05, 4.69) is 5.32 Å². The van der Waals surface area contributed by atoms with E-state index in [4.69, 9.17) is 4.74 Å². The molecule has 3 unspecified atom stereocenters. The zero-order valence-electron chi connectivity index (χ0n) is 17.2. The molecule has 4 aliphatic carbocycles. The Kier molecular flexibility index (Phi) is 4.80. The number of hydrogen-bond donors (Lipinski definition) is 3. The molecule has 1 aliphatic heterocycles. The summed E-state index contributed by atoms with van der Waals surface area (Å²) in [5.74, 6) is 1.80. The Morgan fingerprint density at radius 2 is 1.82 bits per heavy atom. The highest BCUT2D eigenvalue weighted by Gasteiger charge is 2.59. The maximum Gasteiger partial charge on any atom is 0.407 e. The number of nitrogens with one attached hydrogen (secondary N) is 1. The van der Waals surface area contributed by atoms with Crippen molar-refractivity contribution in [1.82, 2.24) is 10.2 Å². The minimum atomic E-state index is -0.899. The second kappa shape index (κ2) is 6.78. The summed E-state index contributed by atoms with van der Waals surface area (Å²) in [7, 11) is 0. The Labute approximate surface area is 166 Å². The number of alkyl carbamates (subject to hydrolysis) is 1. The van der Waals surface area contributed by atoms with Crippen LogP contribution >= 0.6 is 0 Å². The van der Waals surface area contributed by atoms with Gasteiger partial charge in [-0.05, 0) is 88.4 Å². The molecule has 0 radical (unpaired) electrons. The molecule has 2 amide bonds. The SMILES string of the molecule is CC(C)(C)OC(=O)N[C@@H]1CCN(C(=O)O)C1C1C2CC3CC1CC(CO)(C3)C2. The molecule has 28 heavy (non-hydrogen) atoms. The van der Waals surface area contributed by atoms with Crippen LogP contribution in [-0.2, 0) is 4.74 Å². The molecule has 0 aromatic rings. The predicted molar refractivity (Wildman–Crippen MR) is 103 cm³/mol. The van der Waals surface area contributed by atoms with Gasteiger partial charge in [0.1, 0.15) is 5.60 Å². The Balaban J connectivity index is 1.56. The summed E-state index contributed by atoms with van der Waals surface area (Å²) in [6.45, 7) is 6.18. The van der Waals surface area contributed by atoms with Gasteiger partial charge in [0.15, 0.2) is 0 Å². The molecule has 0 aromatic heterocycles. The maximum absolute atomic E-state index is 12.4. The normalized spacial score (nSPS) is 41.9. The quantitative estimate of drug-likeness (QED) is 0.683. The zero-order valence-corrected chi connectivity index (χ0v) is 17.2. The number of hydrogen-bond acceptors (Lipinski definition) is 4. The van der Waals surface area contributed by atoms with Crippen LogP contribution in [-0.4, -0.2) is 58.1 Å². The third kappa shape index (κ3) is 3.46. The summed E-state index contributed by atoms with van der Waals surface area (Å²) in [6, 6.07) is -0.408. The van der Waals surface area contributed by atoms with Gasteiger partial charge in [0.05, 0.1) is 12.1 Å². The molecule has 158 valence electrons.